The summed E-state index contributed by atoms with van der Waals surface area (Å²) in [6.07, 6.45) is 5.41. The fourth-order valence-corrected chi connectivity index (χ4v) is 8.62. The number of rotatable bonds is 9. The first kappa shape index (κ1) is 34.1. The molecule has 2 aromatic rings. The van der Waals surface area contributed by atoms with Crippen LogP contribution in [0, 0.1) is 0 Å². The Morgan fingerprint density at radius 3 is 1.22 bits per heavy atom. The van der Waals surface area contributed by atoms with Crippen molar-refractivity contribution in [1.29, 1.82) is 0 Å². The van der Waals surface area contributed by atoms with Crippen molar-refractivity contribution >= 4 is 70.9 Å². The highest BCUT2D eigenvalue weighted by atomic mass is 35.5. The van der Waals surface area contributed by atoms with Crippen molar-refractivity contribution in [2.45, 2.75) is 10.3 Å². The van der Waals surface area contributed by atoms with E-state index in [9.17, 15) is 9.59 Å². The first-order valence-corrected chi connectivity index (χ1v) is 19.3. The molecule has 0 aromatic carbocycles. The monoisotopic (exact) mass is 710 g/mol. The zero-order valence-corrected chi connectivity index (χ0v) is 29.9. The third-order valence-electron chi connectivity index (χ3n) is 10.6. The molecule has 12 nitrogen and oxygen atoms in total. The van der Waals surface area contributed by atoms with Gasteiger partial charge in [-0.3, -0.25) is 19.4 Å². The van der Waals surface area contributed by atoms with Crippen LogP contribution in [-0.2, 0) is 0 Å². The molecule has 250 valence electrons. The summed E-state index contributed by atoms with van der Waals surface area (Å²) in [6.45, 7) is 19.2. The molecule has 0 aliphatic carbocycles. The Morgan fingerprint density at radius 1 is 0.587 bits per heavy atom. The molecule has 4 saturated heterocycles. The van der Waals surface area contributed by atoms with Gasteiger partial charge in [0.1, 0.15) is 21.9 Å². The van der Waals surface area contributed by atoms with E-state index in [0.717, 1.165) is 113 Å². The number of anilines is 2. The Balaban J connectivity index is 0.932. The minimum atomic E-state index is 0.240. The number of aldehydes is 2. The maximum absolute atomic E-state index is 11.8. The van der Waals surface area contributed by atoms with E-state index in [0.29, 0.717) is 33.1 Å². The van der Waals surface area contributed by atoms with Gasteiger partial charge in [-0.2, -0.15) is 0 Å². The maximum atomic E-state index is 11.8. The highest BCUT2D eigenvalue weighted by Crippen LogP contribution is 2.30. The molecule has 0 saturated carbocycles. The summed E-state index contributed by atoms with van der Waals surface area (Å²) >= 11 is 15.5. The molecule has 0 N–H and O–H groups in total. The number of nitrogens with zero attached hydrogens (tertiary/aromatic N) is 10. The Kier molecular flexibility index (Phi) is 10.9. The summed E-state index contributed by atoms with van der Waals surface area (Å²) in [4.78, 5) is 51.0. The van der Waals surface area contributed by atoms with Crippen molar-refractivity contribution in [1.82, 2.24) is 29.7 Å². The number of carbonyl (C=O) groups is 2. The molecule has 46 heavy (non-hydrogen) atoms. The average Bonchev–Trinajstić information content (AvgIpc) is 3.09. The van der Waals surface area contributed by atoms with Gasteiger partial charge in [-0.15, -0.1) is 0 Å². The maximum Gasteiger partial charge on any atom is 0.190 e. The van der Waals surface area contributed by atoms with Gasteiger partial charge in [0.2, 0.25) is 0 Å². The number of piperazine rings is 4. The molecule has 0 amide bonds. The minimum absolute atomic E-state index is 0.240. The lowest BCUT2D eigenvalue weighted by molar-refractivity contribution is -0.932. The van der Waals surface area contributed by atoms with Crippen molar-refractivity contribution in [3.8, 4) is 0 Å². The van der Waals surface area contributed by atoms with Gasteiger partial charge >= 0.3 is 0 Å². The summed E-state index contributed by atoms with van der Waals surface area (Å²) in [5.41, 5.74) is 0.799. The zero-order chi connectivity index (χ0) is 32.3. The molecule has 6 heterocycles. The van der Waals surface area contributed by atoms with Crippen molar-refractivity contribution < 1.29 is 18.6 Å². The van der Waals surface area contributed by atoms with Crippen molar-refractivity contribution in [2.75, 3.05) is 140 Å². The lowest BCUT2D eigenvalue weighted by Gasteiger charge is -2.50. The Morgan fingerprint density at radius 2 is 0.913 bits per heavy atom. The van der Waals surface area contributed by atoms with Gasteiger partial charge in [0.05, 0.1) is 89.7 Å². The van der Waals surface area contributed by atoms with Gasteiger partial charge in [0.15, 0.2) is 22.9 Å². The summed E-state index contributed by atoms with van der Waals surface area (Å²) in [7, 11) is 0. The van der Waals surface area contributed by atoms with E-state index < -0.39 is 0 Å². The van der Waals surface area contributed by atoms with Crippen LogP contribution in [0.1, 0.15) is 20.7 Å². The summed E-state index contributed by atoms with van der Waals surface area (Å²) in [5.74, 6) is 1.35. The van der Waals surface area contributed by atoms with Crippen LogP contribution in [0.3, 0.4) is 0 Å². The summed E-state index contributed by atoms with van der Waals surface area (Å²) < 4.78 is 2.29. The van der Waals surface area contributed by atoms with Gasteiger partial charge in [0.25, 0.3) is 0 Å². The normalized spacial score (nSPS) is 22.0. The second-order valence-corrected chi connectivity index (χ2v) is 15.1. The molecule has 6 rings (SSSR count). The lowest BCUT2D eigenvalue weighted by Crippen LogP contribution is -2.67. The van der Waals surface area contributed by atoms with Crippen LogP contribution in [0.5, 0.6) is 0 Å². The van der Waals surface area contributed by atoms with Crippen molar-refractivity contribution in [2.24, 2.45) is 0 Å². The second kappa shape index (κ2) is 14.8. The Hall–Kier alpha value is -1.78. The molecule has 0 atom stereocenters. The number of halogens is 2. The molecular weight excluding hydrogens is 667 g/mol. The molecule has 4 fully saturated rings. The molecule has 4 aliphatic rings. The lowest BCUT2D eigenvalue weighted by atomic mass is 10.1. The number of thioether (sulfide) groups is 2. The summed E-state index contributed by atoms with van der Waals surface area (Å²) in [6, 6.07) is 0. The highest BCUT2D eigenvalue weighted by Gasteiger charge is 2.39. The Labute approximate surface area is 290 Å². The molecule has 0 unspecified atom stereocenters. The summed E-state index contributed by atoms with van der Waals surface area (Å²) in [5, 5.41) is 1.68. The highest BCUT2D eigenvalue weighted by molar-refractivity contribution is 7.98. The smallest absolute Gasteiger partial charge is 0.190 e. The van der Waals surface area contributed by atoms with Crippen molar-refractivity contribution in [3.63, 3.8) is 0 Å². The number of hydrogen-bond donors (Lipinski definition) is 0. The molecule has 2 spiro atoms. The average molecular weight is 712 g/mol. The fourth-order valence-electron chi connectivity index (χ4n) is 7.38. The van der Waals surface area contributed by atoms with Gasteiger partial charge in [-0.05, 0) is 12.5 Å². The first-order chi connectivity index (χ1) is 22.3. The topological polar surface area (TPSA) is 98.7 Å². The molecular formula is C30H44Cl2N10O2S2+2. The molecule has 0 radical (unpaired) electrons. The van der Waals surface area contributed by atoms with Crippen LogP contribution in [0.15, 0.2) is 10.3 Å². The van der Waals surface area contributed by atoms with Crippen LogP contribution < -0.4 is 9.80 Å². The van der Waals surface area contributed by atoms with E-state index in [-0.39, 0.29) is 10.3 Å². The minimum Gasteiger partial charge on any atom is -0.345 e. The van der Waals surface area contributed by atoms with E-state index in [1.807, 2.05) is 12.5 Å². The standard InChI is InChI=1S/C30H44Cl2N10O2S2/c1-45-29-33-25(31)23(21-43)27(35-29)39-9-17-41(18-10-39)13-5-37(6-14-41)3-4-38-7-15-42(16-8-38)19-11-40(12-20-42)28-24(22-44)26(32)34-30(36-28)46-2/h21-22H,3-20H2,1-2H3/q+2. The number of carbonyl (C=O) groups excluding carboxylic acids is 2. The molecule has 0 bridgehead atoms. The Bertz CT molecular complexity index is 1300. The van der Waals surface area contributed by atoms with E-state index in [2.05, 4.69) is 39.5 Å². The van der Waals surface area contributed by atoms with Crippen LogP contribution in [0.4, 0.5) is 11.6 Å². The van der Waals surface area contributed by atoms with Crippen LogP contribution in [-0.4, -0.2) is 182 Å². The van der Waals surface area contributed by atoms with Gasteiger partial charge in [-0.1, -0.05) is 46.7 Å². The molecule has 2 aromatic heterocycles. The van der Waals surface area contributed by atoms with Gasteiger partial charge in [-0.25, -0.2) is 19.9 Å². The van der Waals surface area contributed by atoms with Crippen LogP contribution in [0.25, 0.3) is 0 Å². The van der Waals surface area contributed by atoms with Gasteiger partial charge in [0, 0.05) is 39.3 Å². The molecule has 16 heteroatoms. The predicted molar refractivity (Wildman–Crippen MR) is 185 cm³/mol. The van der Waals surface area contributed by atoms with Gasteiger partial charge < -0.3 is 18.8 Å². The zero-order valence-electron chi connectivity index (χ0n) is 26.7. The molecule has 4 aliphatic heterocycles. The van der Waals surface area contributed by atoms with E-state index in [4.69, 9.17) is 23.2 Å². The first-order valence-electron chi connectivity index (χ1n) is 16.1. The van der Waals surface area contributed by atoms with E-state index >= 15 is 0 Å². The van der Waals surface area contributed by atoms with Crippen LogP contribution >= 0.6 is 46.7 Å². The fraction of sp³-hybridized carbons (Fsp3) is 0.667. The number of quaternary nitrogens is 2. The van der Waals surface area contributed by atoms with Crippen molar-refractivity contribution in [3.05, 3.63) is 21.4 Å². The second-order valence-electron chi connectivity index (χ2n) is 12.8. The third-order valence-corrected chi connectivity index (χ3v) is 12.3. The number of hydrogen-bond acceptors (Lipinski definition) is 12. The predicted octanol–water partition coefficient (Wildman–Crippen LogP) is 2.25. The van der Waals surface area contributed by atoms with E-state index in [1.165, 1.54) is 49.7 Å². The quantitative estimate of drug-likeness (QED) is 0.126. The van der Waals surface area contributed by atoms with Crippen LogP contribution in [0.2, 0.25) is 10.3 Å². The number of aromatic nitrogens is 4. The largest absolute Gasteiger partial charge is 0.345 e. The van der Waals surface area contributed by atoms with E-state index in [1.54, 1.807) is 0 Å². The third kappa shape index (κ3) is 7.29. The SMILES string of the molecule is CSc1nc(Cl)c(C=O)c(N2CC[N+]3(CCN(CCN4CC[N+]5(CC4)CCN(c4nc(SC)nc(Cl)c4C=O)CC5)CC3)CC2)n1.